The van der Waals surface area contributed by atoms with Crippen LogP contribution in [0.2, 0.25) is 0 Å². The number of likely N-dealkylation sites (tertiary alicyclic amines) is 1. The topological polar surface area (TPSA) is 57.6 Å². The lowest BCUT2D eigenvalue weighted by Gasteiger charge is -2.25. The van der Waals surface area contributed by atoms with Crippen LogP contribution in [0.25, 0.3) is 0 Å². The van der Waals surface area contributed by atoms with Crippen molar-refractivity contribution in [2.24, 2.45) is 0 Å². The zero-order chi connectivity index (χ0) is 14.5. The Morgan fingerprint density at radius 2 is 1.53 bits per heavy atom. The number of hydrogen-bond acceptors (Lipinski definition) is 2. The fraction of sp³-hybridized carbons (Fsp3) is 0.538. The number of carbonyl (C=O) groups is 2. The summed E-state index contributed by atoms with van der Waals surface area (Å²) in [6, 6.07) is 0. The predicted octanol–water partition coefficient (Wildman–Crippen LogP) is 2.97. The van der Waals surface area contributed by atoms with E-state index in [0.717, 1.165) is 37.3 Å². The Hall–Kier alpha value is -0.620. The fourth-order valence-electron chi connectivity index (χ4n) is 1.51. The molecule has 0 unspecified atom stereocenters. The van der Waals surface area contributed by atoms with E-state index in [-0.39, 0.29) is 5.91 Å². The van der Waals surface area contributed by atoms with Gasteiger partial charge in [-0.05, 0) is 25.3 Å². The number of aliphatic carboxylic acids is 1. The largest absolute Gasteiger partial charge is 0.478 e. The van der Waals surface area contributed by atoms with Gasteiger partial charge in [-0.25, -0.2) is 4.79 Å². The molecule has 0 aliphatic carbocycles. The first kappa shape index (κ1) is 18.4. The number of carbonyl (C=O) groups excluding carboxylic acids is 1. The molecule has 0 aromatic heterocycles. The van der Waals surface area contributed by atoms with Crippen LogP contribution in [0.3, 0.4) is 0 Å². The molecule has 0 saturated carbocycles. The molecule has 0 spiro atoms. The van der Waals surface area contributed by atoms with Crippen LogP contribution in [0.15, 0.2) is 24.3 Å². The molecular weight excluding hydrogens is 378 g/mol. The average molecular weight is 397 g/mol. The van der Waals surface area contributed by atoms with Crippen molar-refractivity contribution in [1.82, 2.24) is 4.90 Å². The van der Waals surface area contributed by atoms with E-state index >= 15 is 0 Å². The van der Waals surface area contributed by atoms with Gasteiger partial charge in [0.15, 0.2) is 0 Å². The Morgan fingerprint density at radius 3 is 1.95 bits per heavy atom. The Bertz CT molecular complexity index is 324. The summed E-state index contributed by atoms with van der Waals surface area (Å²) < 4.78 is 0. The summed E-state index contributed by atoms with van der Waals surface area (Å²) in [6.45, 7) is 1.87. The summed E-state index contributed by atoms with van der Waals surface area (Å²) in [5.74, 6) is -0.742. The van der Waals surface area contributed by atoms with Gasteiger partial charge in [-0.1, -0.05) is 44.0 Å². The molecule has 0 aromatic rings. The lowest BCUT2D eigenvalue weighted by Crippen LogP contribution is -2.34. The SMILES string of the molecule is O=C(/C=C/CBr)N1CCCCC1.O=C(O)/C=C/CBr. The fourth-order valence-corrected chi connectivity index (χ4v) is 1.88. The number of carboxylic acids is 1. The molecule has 1 aliphatic heterocycles. The van der Waals surface area contributed by atoms with Gasteiger partial charge in [0.25, 0.3) is 0 Å². The highest BCUT2D eigenvalue weighted by molar-refractivity contribution is 9.09. The van der Waals surface area contributed by atoms with Crippen molar-refractivity contribution in [1.29, 1.82) is 0 Å². The van der Waals surface area contributed by atoms with Crippen molar-refractivity contribution in [2.45, 2.75) is 19.3 Å². The summed E-state index contributed by atoms with van der Waals surface area (Å²) in [5.41, 5.74) is 0. The maximum absolute atomic E-state index is 11.4. The summed E-state index contributed by atoms with van der Waals surface area (Å²) >= 11 is 6.27. The molecule has 108 valence electrons. The summed E-state index contributed by atoms with van der Waals surface area (Å²) in [6.07, 6.45) is 9.70. The van der Waals surface area contributed by atoms with Crippen LogP contribution in [-0.4, -0.2) is 45.6 Å². The molecule has 1 aliphatic rings. The number of hydrogen-bond donors (Lipinski definition) is 1. The van der Waals surface area contributed by atoms with Gasteiger partial charge in [0, 0.05) is 29.8 Å². The van der Waals surface area contributed by atoms with E-state index in [1.54, 1.807) is 6.08 Å². The second kappa shape index (κ2) is 12.4. The van der Waals surface area contributed by atoms with E-state index in [1.165, 1.54) is 12.5 Å². The van der Waals surface area contributed by atoms with Gasteiger partial charge in [0.05, 0.1) is 0 Å². The molecule has 1 saturated heterocycles. The first-order chi connectivity index (χ1) is 9.11. The summed E-state index contributed by atoms with van der Waals surface area (Å²) in [5, 5.41) is 9.29. The molecule has 19 heavy (non-hydrogen) atoms. The molecule has 1 rings (SSSR count). The number of alkyl halides is 2. The molecule has 1 heterocycles. The van der Waals surface area contributed by atoms with E-state index < -0.39 is 5.97 Å². The van der Waals surface area contributed by atoms with Gasteiger partial charge < -0.3 is 10.0 Å². The third kappa shape index (κ3) is 10.9. The summed E-state index contributed by atoms with van der Waals surface area (Å²) in [7, 11) is 0. The second-order valence-electron chi connectivity index (χ2n) is 3.84. The standard InChI is InChI=1S/C9H14BrNO.C4H5BrO2/c10-6-4-5-9(12)11-7-2-1-3-8-11;5-3-1-2-4(6)7/h4-5H,1-3,6-8H2;1-2H,3H2,(H,6,7)/b5-4+;2-1+. The van der Waals surface area contributed by atoms with Crippen molar-refractivity contribution >= 4 is 43.7 Å². The predicted molar refractivity (Wildman–Crippen MR) is 83.9 cm³/mol. The average Bonchev–Trinajstić information content (AvgIpc) is 2.44. The Kier molecular flexibility index (Phi) is 12.0. The van der Waals surface area contributed by atoms with Crippen molar-refractivity contribution < 1.29 is 14.7 Å². The van der Waals surface area contributed by atoms with Crippen LogP contribution in [0.5, 0.6) is 0 Å². The molecule has 0 atom stereocenters. The Balaban J connectivity index is 0.000000399. The van der Waals surface area contributed by atoms with Crippen LogP contribution in [0, 0.1) is 0 Å². The molecule has 0 bridgehead atoms. The second-order valence-corrected chi connectivity index (χ2v) is 5.13. The Morgan fingerprint density at radius 1 is 1.00 bits per heavy atom. The van der Waals surface area contributed by atoms with Crippen molar-refractivity contribution in [3.63, 3.8) is 0 Å². The third-order valence-electron chi connectivity index (χ3n) is 2.37. The van der Waals surface area contributed by atoms with Gasteiger partial charge in [0.2, 0.25) is 5.91 Å². The van der Waals surface area contributed by atoms with Crippen LogP contribution < -0.4 is 0 Å². The number of halogens is 2. The van der Waals surface area contributed by atoms with E-state index in [2.05, 4.69) is 31.9 Å². The molecule has 1 amide bonds. The number of allylic oxidation sites excluding steroid dienone is 2. The highest BCUT2D eigenvalue weighted by Crippen LogP contribution is 2.08. The molecule has 6 heteroatoms. The van der Waals surface area contributed by atoms with Crippen LogP contribution in [0.1, 0.15) is 19.3 Å². The normalized spacial score (nSPS) is 15.4. The van der Waals surface area contributed by atoms with Crippen LogP contribution >= 0.6 is 31.9 Å². The number of piperidine rings is 1. The molecule has 1 fully saturated rings. The van der Waals surface area contributed by atoms with Crippen LogP contribution in [0.4, 0.5) is 0 Å². The molecule has 4 nitrogen and oxygen atoms in total. The maximum Gasteiger partial charge on any atom is 0.328 e. The molecule has 0 aromatic carbocycles. The van der Waals surface area contributed by atoms with E-state index in [4.69, 9.17) is 5.11 Å². The monoisotopic (exact) mass is 395 g/mol. The van der Waals surface area contributed by atoms with E-state index in [9.17, 15) is 9.59 Å². The van der Waals surface area contributed by atoms with Crippen molar-refractivity contribution in [2.75, 3.05) is 23.7 Å². The highest BCUT2D eigenvalue weighted by atomic mass is 79.9. The quantitative estimate of drug-likeness (QED) is 0.587. The van der Waals surface area contributed by atoms with E-state index in [0.29, 0.717) is 5.33 Å². The minimum Gasteiger partial charge on any atom is -0.478 e. The van der Waals surface area contributed by atoms with Crippen LogP contribution in [-0.2, 0) is 9.59 Å². The zero-order valence-corrected chi connectivity index (χ0v) is 13.9. The number of amides is 1. The number of nitrogens with zero attached hydrogens (tertiary/aromatic N) is 1. The first-order valence-corrected chi connectivity index (χ1v) is 8.33. The number of rotatable bonds is 4. The lowest BCUT2D eigenvalue weighted by molar-refractivity contribution is -0.131. The van der Waals surface area contributed by atoms with Gasteiger partial charge in [-0.15, -0.1) is 0 Å². The lowest BCUT2D eigenvalue weighted by atomic mass is 10.1. The maximum atomic E-state index is 11.4. The van der Waals surface area contributed by atoms with Gasteiger partial charge in [-0.2, -0.15) is 0 Å². The van der Waals surface area contributed by atoms with Gasteiger partial charge in [0.1, 0.15) is 0 Å². The van der Waals surface area contributed by atoms with E-state index in [1.807, 2.05) is 11.0 Å². The smallest absolute Gasteiger partial charge is 0.328 e. The third-order valence-corrected chi connectivity index (χ3v) is 3.11. The Labute approximate surface area is 130 Å². The zero-order valence-electron chi connectivity index (χ0n) is 10.7. The molecule has 0 radical (unpaired) electrons. The minimum atomic E-state index is -0.903. The summed E-state index contributed by atoms with van der Waals surface area (Å²) in [4.78, 5) is 22.9. The highest BCUT2D eigenvalue weighted by Gasteiger charge is 2.12. The molecule has 1 N–H and O–H groups in total. The first-order valence-electron chi connectivity index (χ1n) is 6.08. The molecular formula is C13H19Br2NO3. The van der Waals surface area contributed by atoms with Crippen molar-refractivity contribution in [3.8, 4) is 0 Å². The van der Waals surface area contributed by atoms with Gasteiger partial charge >= 0.3 is 5.97 Å². The van der Waals surface area contributed by atoms with Gasteiger partial charge in [-0.3, -0.25) is 4.79 Å². The minimum absolute atomic E-state index is 0.161. The number of carboxylic acid groups (broad SMARTS) is 1. The van der Waals surface area contributed by atoms with Crippen molar-refractivity contribution in [3.05, 3.63) is 24.3 Å².